The highest BCUT2D eigenvalue weighted by molar-refractivity contribution is 5.26. The van der Waals surface area contributed by atoms with Crippen molar-refractivity contribution in [3.05, 3.63) is 18.0 Å². The molecule has 0 radical (unpaired) electrons. The molecule has 1 heterocycles. The van der Waals surface area contributed by atoms with E-state index in [0.29, 0.717) is 17.7 Å². The third-order valence-electron chi connectivity index (χ3n) is 3.22. The van der Waals surface area contributed by atoms with Gasteiger partial charge in [0.25, 0.3) is 0 Å². The Kier molecular flexibility index (Phi) is 3.72. The van der Waals surface area contributed by atoms with Crippen LogP contribution in [0.5, 0.6) is 0 Å². The SMILES string of the molecule is CC1CCC(Nc2nccc(CO)n2)CC1. The van der Waals surface area contributed by atoms with Gasteiger partial charge in [0, 0.05) is 12.2 Å². The van der Waals surface area contributed by atoms with E-state index >= 15 is 0 Å². The minimum absolute atomic E-state index is 0.0289. The van der Waals surface area contributed by atoms with Crippen LogP contribution in [0.4, 0.5) is 5.95 Å². The van der Waals surface area contributed by atoms with Gasteiger partial charge in [-0.15, -0.1) is 0 Å². The fourth-order valence-electron chi connectivity index (χ4n) is 2.14. The molecule has 1 fully saturated rings. The molecule has 1 aliphatic carbocycles. The van der Waals surface area contributed by atoms with Gasteiger partial charge in [0.15, 0.2) is 0 Å². The summed E-state index contributed by atoms with van der Waals surface area (Å²) >= 11 is 0. The third-order valence-corrected chi connectivity index (χ3v) is 3.22. The van der Waals surface area contributed by atoms with Gasteiger partial charge in [-0.2, -0.15) is 0 Å². The second kappa shape index (κ2) is 5.25. The first-order chi connectivity index (χ1) is 7.78. The molecular formula is C12H19N3O. The molecule has 1 aromatic heterocycles. The van der Waals surface area contributed by atoms with Gasteiger partial charge in [0.2, 0.25) is 5.95 Å². The monoisotopic (exact) mass is 221 g/mol. The van der Waals surface area contributed by atoms with Crippen LogP contribution in [-0.2, 0) is 6.61 Å². The zero-order valence-electron chi connectivity index (χ0n) is 9.69. The van der Waals surface area contributed by atoms with E-state index < -0.39 is 0 Å². The molecular weight excluding hydrogens is 202 g/mol. The molecule has 0 bridgehead atoms. The minimum atomic E-state index is -0.0289. The number of aliphatic hydroxyl groups is 1. The number of hydrogen-bond acceptors (Lipinski definition) is 4. The Bertz CT molecular complexity index is 335. The molecule has 0 saturated heterocycles. The smallest absolute Gasteiger partial charge is 0.223 e. The van der Waals surface area contributed by atoms with Gasteiger partial charge in [-0.1, -0.05) is 6.92 Å². The van der Waals surface area contributed by atoms with Crippen molar-refractivity contribution in [3.63, 3.8) is 0 Å². The Morgan fingerprint density at radius 3 is 2.81 bits per heavy atom. The molecule has 1 aliphatic rings. The maximum Gasteiger partial charge on any atom is 0.223 e. The molecule has 2 rings (SSSR count). The first kappa shape index (κ1) is 11.3. The molecule has 4 nitrogen and oxygen atoms in total. The molecule has 0 aromatic carbocycles. The van der Waals surface area contributed by atoms with E-state index in [-0.39, 0.29) is 6.61 Å². The van der Waals surface area contributed by atoms with E-state index in [2.05, 4.69) is 22.2 Å². The van der Waals surface area contributed by atoms with Gasteiger partial charge in [-0.25, -0.2) is 9.97 Å². The van der Waals surface area contributed by atoms with Gasteiger partial charge in [0.05, 0.1) is 12.3 Å². The average Bonchev–Trinajstić information content (AvgIpc) is 2.32. The Morgan fingerprint density at radius 2 is 2.12 bits per heavy atom. The Morgan fingerprint density at radius 1 is 1.38 bits per heavy atom. The maximum atomic E-state index is 8.98. The van der Waals surface area contributed by atoms with E-state index in [0.717, 1.165) is 5.92 Å². The summed E-state index contributed by atoms with van der Waals surface area (Å²) < 4.78 is 0. The fraction of sp³-hybridized carbons (Fsp3) is 0.667. The summed E-state index contributed by atoms with van der Waals surface area (Å²) in [5.74, 6) is 1.49. The van der Waals surface area contributed by atoms with Crippen LogP contribution < -0.4 is 5.32 Å². The molecule has 1 saturated carbocycles. The van der Waals surface area contributed by atoms with Crippen molar-refractivity contribution < 1.29 is 5.11 Å². The summed E-state index contributed by atoms with van der Waals surface area (Å²) in [4.78, 5) is 8.40. The molecule has 0 unspecified atom stereocenters. The lowest BCUT2D eigenvalue weighted by molar-refractivity contribution is 0.276. The lowest BCUT2D eigenvalue weighted by Crippen LogP contribution is -2.26. The van der Waals surface area contributed by atoms with Crippen molar-refractivity contribution in [1.29, 1.82) is 0 Å². The predicted octanol–water partition coefficient (Wildman–Crippen LogP) is 1.96. The second-order valence-electron chi connectivity index (χ2n) is 4.63. The number of rotatable bonds is 3. The van der Waals surface area contributed by atoms with Crippen molar-refractivity contribution in [2.24, 2.45) is 5.92 Å². The van der Waals surface area contributed by atoms with Crippen LogP contribution in [0.15, 0.2) is 12.3 Å². The van der Waals surface area contributed by atoms with E-state index in [9.17, 15) is 0 Å². The maximum absolute atomic E-state index is 8.98. The van der Waals surface area contributed by atoms with Crippen molar-refractivity contribution in [2.45, 2.75) is 45.3 Å². The van der Waals surface area contributed by atoms with Gasteiger partial charge in [-0.3, -0.25) is 0 Å². The highest BCUT2D eigenvalue weighted by Crippen LogP contribution is 2.25. The average molecular weight is 221 g/mol. The Labute approximate surface area is 96.1 Å². The van der Waals surface area contributed by atoms with Crippen molar-refractivity contribution >= 4 is 5.95 Å². The van der Waals surface area contributed by atoms with E-state index in [1.54, 1.807) is 12.3 Å². The number of aliphatic hydroxyl groups excluding tert-OH is 1. The number of aromatic nitrogens is 2. The van der Waals surface area contributed by atoms with Crippen molar-refractivity contribution in [1.82, 2.24) is 9.97 Å². The van der Waals surface area contributed by atoms with E-state index in [1.165, 1.54) is 25.7 Å². The lowest BCUT2D eigenvalue weighted by Gasteiger charge is -2.26. The van der Waals surface area contributed by atoms with Crippen LogP contribution in [0.2, 0.25) is 0 Å². The van der Waals surface area contributed by atoms with Crippen LogP contribution in [0, 0.1) is 5.92 Å². The molecule has 16 heavy (non-hydrogen) atoms. The first-order valence-electron chi connectivity index (χ1n) is 5.97. The summed E-state index contributed by atoms with van der Waals surface area (Å²) in [6.45, 7) is 2.28. The van der Waals surface area contributed by atoms with Crippen LogP contribution >= 0.6 is 0 Å². The minimum Gasteiger partial charge on any atom is -0.390 e. The van der Waals surface area contributed by atoms with Crippen LogP contribution in [0.1, 0.15) is 38.3 Å². The number of hydrogen-bond donors (Lipinski definition) is 2. The molecule has 88 valence electrons. The molecule has 0 spiro atoms. The number of nitrogens with zero attached hydrogens (tertiary/aromatic N) is 2. The number of anilines is 1. The summed E-state index contributed by atoms with van der Waals surface area (Å²) in [5, 5.41) is 12.3. The summed E-state index contributed by atoms with van der Waals surface area (Å²) in [5.41, 5.74) is 0.668. The molecule has 0 amide bonds. The topological polar surface area (TPSA) is 58.0 Å². The lowest BCUT2D eigenvalue weighted by atomic mass is 9.87. The first-order valence-corrected chi connectivity index (χ1v) is 5.97. The molecule has 2 N–H and O–H groups in total. The predicted molar refractivity (Wildman–Crippen MR) is 63.0 cm³/mol. The fourth-order valence-corrected chi connectivity index (χ4v) is 2.14. The molecule has 1 aromatic rings. The Hall–Kier alpha value is -1.16. The van der Waals surface area contributed by atoms with Crippen molar-refractivity contribution in [2.75, 3.05) is 5.32 Å². The molecule has 0 aliphatic heterocycles. The summed E-state index contributed by atoms with van der Waals surface area (Å²) in [7, 11) is 0. The van der Waals surface area contributed by atoms with Crippen LogP contribution in [0.25, 0.3) is 0 Å². The quantitative estimate of drug-likeness (QED) is 0.819. The Balaban J connectivity index is 1.93. The van der Waals surface area contributed by atoms with Crippen LogP contribution in [-0.4, -0.2) is 21.1 Å². The number of nitrogens with one attached hydrogen (secondary N) is 1. The van der Waals surface area contributed by atoms with E-state index in [1.807, 2.05) is 0 Å². The zero-order valence-corrected chi connectivity index (χ0v) is 9.69. The van der Waals surface area contributed by atoms with Gasteiger partial charge in [-0.05, 0) is 37.7 Å². The normalized spacial score (nSPS) is 25.4. The zero-order chi connectivity index (χ0) is 11.4. The van der Waals surface area contributed by atoms with Gasteiger partial charge >= 0.3 is 0 Å². The molecule has 4 heteroatoms. The van der Waals surface area contributed by atoms with Gasteiger partial charge in [0.1, 0.15) is 0 Å². The van der Waals surface area contributed by atoms with Crippen molar-refractivity contribution in [3.8, 4) is 0 Å². The largest absolute Gasteiger partial charge is 0.390 e. The third kappa shape index (κ3) is 2.92. The molecule has 0 atom stereocenters. The van der Waals surface area contributed by atoms with E-state index in [4.69, 9.17) is 5.11 Å². The van der Waals surface area contributed by atoms with Gasteiger partial charge < -0.3 is 10.4 Å². The summed E-state index contributed by atoms with van der Waals surface area (Å²) in [6, 6.07) is 2.22. The summed E-state index contributed by atoms with van der Waals surface area (Å²) in [6.07, 6.45) is 6.61. The standard InChI is InChI=1S/C12H19N3O/c1-9-2-4-10(5-3-9)14-12-13-7-6-11(8-16)15-12/h6-7,9-10,16H,2-5,8H2,1H3,(H,13,14,15). The van der Waals surface area contributed by atoms with Crippen LogP contribution in [0.3, 0.4) is 0 Å². The highest BCUT2D eigenvalue weighted by Gasteiger charge is 2.18. The highest BCUT2D eigenvalue weighted by atomic mass is 16.3. The second-order valence-corrected chi connectivity index (χ2v) is 4.63.